The van der Waals surface area contributed by atoms with Gasteiger partial charge in [0, 0.05) is 0 Å². The maximum atomic E-state index is 12.8. The molecule has 2 atom stereocenters. The van der Waals surface area contributed by atoms with Crippen LogP contribution in [0, 0.1) is 6.92 Å². The summed E-state index contributed by atoms with van der Waals surface area (Å²) in [6.45, 7) is 7.85. The van der Waals surface area contributed by atoms with Crippen molar-refractivity contribution < 1.29 is 26.9 Å². The molecule has 1 saturated heterocycles. The highest BCUT2D eigenvalue weighted by molar-refractivity contribution is 7.86. The van der Waals surface area contributed by atoms with E-state index in [9.17, 15) is 13.2 Å². The van der Waals surface area contributed by atoms with Crippen molar-refractivity contribution in [2.24, 2.45) is 0 Å². The number of likely N-dealkylation sites (tertiary alicyclic amines) is 1. The molecule has 0 unspecified atom stereocenters. The van der Waals surface area contributed by atoms with Gasteiger partial charge in [-0.05, 0) is 51.3 Å². The summed E-state index contributed by atoms with van der Waals surface area (Å²) >= 11 is 0. The zero-order valence-electron chi connectivity index (χ0n) is 19.0. The number of benzene rings is 2. The molecule has 0 radical (unpaired) electrons. The Morgan fingerprint density at radius 1 is 1.06 bits per heavy atom. The van der Waals surface area contributed by atoms with E-state index in [1.165, 1.54) is 11.0 Å². The van der Waals surface area contributed by atoms with E-state index < -0.39 is 27.9 Å². The van der Waals surface area contributed by atoms with E-state index >= 15 is 0 Å². The van der Waals surface area contributed by atoms with Gasteiger partial charge in [0.1, 0.15) is 5.60 Å². The molecule has 174 valence electrons. The first kappa shape index (κ1) is 24.2. The molecule has 0 spiro atoms. The number of amides is 1. The van der Waals surface area contributed by atoms with Crippen molar-refractivity contribution in [2.45, 2.75) is 63.4 Å². The van der Waals surface area contributed by atoms with Gasteiger partial charge in [-0.3, -0.25) is 4.18 Å². The second-order valence-corrected chi connectivity index (χ2v) is 10.5. The van der Waals surface area contributed by atoms with Crippen molar-refractivity contribution in [3.05, 3.63) is 65.7 Å². The second kappa shape index (κ2) is 10.0. The Labute approximate surface area is 190 Å². The van der Waals surface area contributed by atoms with E-state index in [1.54, 1.807) is 45.9 Å². The third kappa shape index (κ3) is 6.54. The van der Waals surface area contributed by atoms with Gasteiger partial charge in [0.05, 0.1) is 36.8 Å². The van der Waals surface area contributed by atoms with E-state index in [4.69, 9.17) is 13.7 Å². The predicted octanol–water partition coefficient (Wildman–Crippen LogP) is 4.30. The van der Waals surface area contributed by atoms with Crippen LogP contribution in [-0.2, 0) is 30.4 Å². The van der Waals surface area contributed by atoms with Crippen LogP contribution < -0.4 is 0 Å². The van der Waals surface area contributed by atoms with Crippen LogP contribution in [0.25, 0.3) is 0 Å². The van der Waals surface area contributed by atoms with Crippen LogP contribution in [0.3, 0.4) is 0 Å². The molecule has 7 nitrogen and oxygen atoms in total. The van der Waals surface area contributed by atoms with Crippen LogP contribution in [0.4, 0.5) is 4.79 Å². The minimum atomic E-state index is -3.97. The molecule has 1 amide bonds. The van der Waals surface area contributed by atoms with E-state index in [2.05, 4.69) is 0 Å². The molecule has 2 aromatic carbocycles. The van der Waals surface area contributed by atoms with Crippen molar-refractivity contribution in [3.8, 4) is 0 Å². The average molecular weight is 462 g/mol. The normalized spacial score (nSPS) is 19.2. The molecular weight excluding hydrogens is 430 g/mol. The topological polar surface area (TPSA) is 82.1 Å². The smallest absolute Gasteiger partial charge is 0.410 e. The second-order valence-electron chi connectivity index (χ2n) is 8.96. The molecule has 0 aliphatic carbocycles. The van der Waals surface area contributed by atoms with Gasteiger partial charge in [0.25, 0.3) is 10.1 Å². The van der Waals surface area contributed by atoms with Crippen LogP contribution in [0.2, 0.25) is 0 Å². The maximum Gasteiger partial charge on any atom is 0.410 e. The number of carbonyl (C=O) groups excluding carboxylic acids is 1. The van der Waals surface area contributed by atoms with Crippen molar-refractivity contribution in [3.63, 3.8) is 0 Å². The van der Waals surface area contributed by atoms with Gasteiger partial charge in [0.2, 0.25) is 0 Å². The fourth-order valence-electron chi connectivity index (χ4n) is 3.60. The molecule has 0 bridgehead atoms. The number of ether oxygens (including phenoxy) is 2. The Bertz CT molecular complexity index is 1020. The summed E-state index contributed by atoms with van der Waals surface area (Å²) in [6, 6.07) is 16.0. The maximum absolute atomic E-state index is 12.8. The summed E-state index contributed by atoms with van der Waals surface area (Å²) in [5, 5.41) is 0. The number of rotatable bonds is 7. The van der Waals surface area contributed by atoms with Crippen LogP contribution in [0.1, 0.15) is 38.3 Å². The van der Waals surface area contributed by atoms with Gasteiger partial charge in [-0.1, -0.05) is 48.5 Å². The van der Waals surface area contributed by atoms with Gasteiger partial charge in [-0.25, -0.2) is 4.79 Å². The molecule has 1 fully saturated rings. The molecule has 1 aliphatic heterocycles. The lowest BCUT2D eigenvalue weighted by Crippen LogP contribution is -2.42. The lowest BCUT2D eigenvalue weighted by molar-refractivity contribution is 0.00830. The van der Waals surface area contributed by atoms with E-state index in [0.717, 1.165) is 5.56 Å². The van der Waals surface area contributed by atoms with Gasteiger partial charge in [-0.15, -0.1) is 0 Å². The molecular formula is C24H31NO6S. The van der Waals surface area contributed by atoms with Crippen molar-refractivity contribution in [1.82, 2.24) is 4.90 Å². The summed E-state index contributed by atoms with van der Waals surface area (Å²) in [4.78, 5) is 14.4. The minimum absolute atomic E-state index is 0.111. The van der Waals surface area contributed by atoms with Gasteiger partial charge in [0.15, 0.2) is 0 Å². The predicted molar refractivity (Wildman–Crippen MR) is 121 cm³/mol. The summed E-state index contributed by atoms with van der Waals surface area (Å²) in [6.07, 6.45) is -0.860. The molecule has 0 saturated carbocycles. The first-order chi connectivity index (χ1) is 15.0. The number of hydrogen-bond donors (Lipinski definition) is 0. The van der Waals surface area contributed by atoms with E-state index in [-0.39, 0.29) is 24.1 Å². The summed E-state index contributed by atoms with van der Waals surface area (Å²) < 4.78 is 42.6. The van der Waals surface area contributed by atoms with Gasteiger partial charge < -0.3 is 14.4 Å². The van der Waals surface area contributed by atoms with Crippen LogP contribution in [0.15, 0.2) is 59.5 Å². The zero-order valence-corrected chi connectivity index (χ0v) is 19.8. The van der Waals surface area contributed by atoms with Crippen LogP contribution >= 0.6 is 0 Å². The molecule has 3 rings (SSSR count). The van der Waals surface area contributed by atoms with Crippen LogP contribution in [-0.4, -0.2) is 50.3 Å². The molecule has 8 heteroatoms. The van der Waals surface area contributed by atoms with Gasteiger partial charge >= 0.3 is 6.09 Å². The largest absolute Gasteiger partial charge is 0.444 e. The number of nitrogens with zero attached hydrogens (tertiary/aromatic N) is 1. The van der Waals surface area contributed by atoms with Gasteiger partial charge in [-0.2, -0.15) is 8.42 Å². The third-order valence-electron chi connectivity index (χ3n) is 5.05. The van der Waals surface area contributed by atoms with Crippen molar-refractivity contribution >= 4 is 16.2 Å². The third-order valence-corrected chi connectivity index (χ3v) is 6.57. The summed E-state index contributed by atoms with van der Waals surface area (Å²) in [7, 11) is -3.97. The number of hydrogen-bond acceptors (Lipinski definition) is 6. The first-order valence-corrected chi connectivity index (χ1v) is 12.1. The highest BCUT2D eigenvalue weighted by Gasteiger charge is 2.40. The molecule has 32 heavy (non-hydrogen) atoms. The Kier molecular flexibility index (Phi) is 7.59. The van der Waals surface area contributed by atoms with Crippen LogP contribution in [0.5, 0.6) is 0 Å². The lowest BCUT2D eigenvalue weighted by atomic mass is 10.2. The Morgan fingerprint density at radius 3 is 2.38 bits per heavy atom. The molecule has 0 aromatic heterocycles. The van der Waals surface area contributed by atoms with Crippen molar-refractivity contribution in [1.29, 1.82) is 0 Å². The molecule has 2 aromatic rings. The van der Waals surface area contributed by atoms with Crippen molar-refractivity contribution in [2.75, 3.05) is 13.2 Å². The highest BCUT2D eigenvalue weighted by Crippen LogP contribution is 2.27. The standard InChI is InChI=1S/C24H31NO6S/c1-18-10-8-9-13-22(18)32(27,28)31-21-14-20(17-29-16-19-11-6-5-7-12-19)25(15-21)23(26)30-24(2,3)4/h5-13,20-21H,14-17H2,1-4H3/t20-,21-/m0/s1. The lowest BCUT2D eigenvalue weighted by Gasteiger charge is -2.28. The highest BCUT2D eigenvalue weighted by atomic mass is 32.2. The molecule has 1 heterocycles. The summed E-state index contributed by atoms with van der Waals surface area (Å²) in [5.74, 6) is 0. The minimum Gasteiger partial charge on any atom is -0.444 e. The fraction of sp³-hybridized carbons (Fsp3) is 0.458. The number of aryl methyl sites for hydroxylation is 1. The summed E-state index contributed by atoms with van der Waals surface area (Å²) in [5.41, 5.74) is 0.958. The molecule has 1 aliphatic rings. The quantitative estimate of drug-likeness (QED) is 0.572. The van der Waals surface area contributed by atoms with E-state index in [1.807, 2.05) is 30.3 Å². The Hall–Kier alpha value is -2.42. The zero-order chi connectivity index (χ0) is 23.4. The monoisotopic (exact) mass is 461 g/mol. The molecule has 0 N–H and O–H groups in total. The average Bonchev–Trinajstić information content (AvgIpc) is 3.10. The SMILES string of the molecule is Cc1ccccc1S(=O)(=O)O[C@H]1C[C@@H](COCc2ccccc2)N(C(=O)OC(C)(C)C)C1. The number of carbonyl (C=O) groups is 1. The van der Waals surface area contributed by atoms with E-state index in [0.29, 0.717) is 18.6 Å². The Morgan fingerprint density at radius 2 is 1.72 bits per heavy atom. The fourth-order valence-corrected chi connectivity index (χ4v) is 4.91. The Balaban J connectivity index is 1.70. The first-order valence-electron chi connectivity index (χ1n) is 10.7.